The largest absolute Gasteiger partial charge is 0.360 e. The molecule has 0 aliphatic heterocycles. The maximum atomic E-state index is 4.66. The van der Waals surface area contributed by atoms with E-state index in [2.05, 4.69) is 97.1 Å². The molecule has 0 saturated carbocycles. The van der Waals surface area contributed by atoms with E-state index in [-0.39, 0.29) is 20.1 Å². The maximum absolute atomic E-state index is 4.66. The Kier molecular flexibility index (Phi) is 10.4. The van der Waals surface area contributed by atoms with Gasteiger partial charge in [-0.2, -0.15) is 0 Å². The summed E-state index contributed by atoms with van der Waals surface area (Å²) in [6, 6.07) is 32.8. The zero-order chi connectivity index (χ0) is 26.3. The van der Waals surface area contributed by atoms with Crippen LogP contribution < -0.4 is 5.19 Å². The second-order valence-electron chi connectivity index (χ2n) is 10.3. The van der Waals surface area contributed by atoms with Crippen molar-refractivity contribution in [2.24, 2.45) is 0 Å². The van der Waals surface area contributed by atoms with Crippen LogP contribution in [0, 0.1) is 12.1 Å². The van der Waals surface area contributed by atoms with Crippen LogP contribution >= 0.6 is 0 Å². The quantitative estimate of drug-likeness (QED) is 0.139. The van der Waals surface area contributed by atoms with Gasteiger partial charge in [0.15, 0.2) is 0 Å². The Balaban J connectivity index is 0.000000205. The third kappa shape index (κ3) is 7.64. The molecule has 0 saturated heterocycles. The summed E-state index contributed by atoms with van der Waals surface area (Å²) in [6.45, 7) is 11.7. The molecule has 0 bridgehead atoms. The molecule has 0 amide bonds. The average Bonchev–Trinajstić information content (AvgIpc) is 2.94. The molecule has 1 radical (unpaired) electrons. The molecule has 0 aliphatic rings. The Hall–Kier alpha value is -3.24. The van der Waals surface area contributed by atoms with Gasteiger partial charge in [-0.05, 0) is 39.7 Å². The number of benzene rings is 2. The molecule has 5 rings (SSSR count). The van der Waals surface area contributed by atoms with Crippen LogP contribution in [0.3, 0.4) is 0 Å². The molecule has 195 valence electrons. The summed E-state index contributed by atoms with van der Waals surface area (Å²) in [6.07, 6.45) is 7.40. The summed E-state index contributed by atoms with van der Waals surface area (Å²) in [5.41, 5.74) is 7.70. The molecule has 5 heteroatoms. The Morgan fingerprint density at radius 3 is 2.03 bits per heavy atom. The van der Waals surface area contributed by atoms with Crippen molar-refractivity contribution < 1.29 is 20.1 Å². The fourth-order valence-corrected chi connectivity index (χ4v) is 5.81. The van der Waals surface area contributed by atoms with Crippen LogP contribution in [0.1, 0.15) is 25.3 Å². The Morgan fingerprint density at radius 1 is 0.684 bits per heavy atom. The van der Waals surface area contributed by atoms with Gasteiger partial charge in [0.2, 0.25) is 0 Å². The average molecular weight is 692 g/mol. The number of pyridine rings is 3. The molecule has 3 nitrogen and oxygen atoms in total. The first-order chi connectivity index (χ1) is 17.8. The van der Waals surface area contributed by atoms with Gasteiger partial charge < -0.3 is 15.0 Å². The molecular weight excluding hydrogens is 659 g/mol. The summed E-state index contributed by atoms with van der Waals surface area (Å²) in [5, 5.41) is 1.47. The van der Waals surface area contributed by atoms with Gasteiger partial charge in [-0.3, -0.25) is 0 Å². The Labute approximate surface area is 241 Å². The van der Waals surface area contributed by atoms with Crippen molar-refractivity contribution in [3.63, 3.8) is 0 Å². The fraction of sp³-hybridized carbons (Fsp3) is 0.182. The minimum atomic E-state index is -1.34. The van der Waals surface area contributed by atoms with Gasteiger partial charge in [-0.15, -0.1) is 53.6 Å². The van der Waals surface area contributed by atoms with E-state index in [1.54, 1.807) is 18.5 Å². The van der Waals surface area contributed by atoms with Crippen LogP contribution in [-0.2, 0) is 20.1 Å². The normalized spacial score (nSPS) is 10.8. The molecule has 5 aromatic rings. The summed E-state index contributed by atoms with van der Waals surface area (Å²) in [5.74, 6) is 0.534. The zero-order valence-electron chi connectivity index (χ0n) is 22.6. The summed E-state index contributed by atoms with van der Waals surface area (Å²) in [7, 11) is -1.34. The minimum Gasteiger partial charge on any atom is -0.360 e. The van der Waals surface area contributed by atoms with Gasteiger partial charge in [0.1, 0.15) is 0 Å². The van der Waals surface area contributed by atoms with Gasteiger partial charge in [0.05, 0.1) is 8.07 Å². The molecule has 38 heavy (non-hydrogen) atoms. The first-order valence-corrected chi connectivity index (χ1v) is 16.1. The topological polar surface area (TPSA) is 38.7 Å². The Morgan fingerprint density at radius 2 is 1.39 bits per heavy atom. The van der Waals surface area contributed by atoms with E-state index >= 15 is 0 Å². The monoisotopic (exact) mass is 692 g/mol. The zero-order valence-corrected chi connectivity index (χ0v) is 26.0. The van der Waals surface area contributed by atoms with Crippen LogP contribution in [0.25, 0.3) is 33.6 Å². The number of hydrogen-bond donors (Lipinski definition) is 0. The molecule has 0 spiro atoms. The van der Waals surface area contributed by atoms with Crippen molar-refractivity contribution in [3.05, 3.63) is 121 Å². The molecule has 3 heterocycles. The van der Waals surface area contributed by atoms with E-state index in [9.17, 15) is 0 Å². The van der Waals surface area contributed by atoms with Crippen molar-refractivity contribution in [3.8, 4) is 33.6 Å². The van der Waals surface area contributed by atoms with Crippen molar-refractivity contribution in [2.45, 2.75) is 39.4 Å². The van der Waals surface area contributed by atoms with Crippen molar-refractivity contribution >= 4 is 13.3 Å². The number of hydrogen-bond acceptors (Lipinski definition) is 3. The van der Waals surface area contributed by atoms with Crippen LogP contribution in [0.4, 0.5) is 0 Å². The summed E-state index contributed by atoms with van der Waals surface area (Å²) in [4.78, 5) is 13.1. The smallest absolute Gasteiger partial charge is 0.0799 e. The number of rotatable bonds is 5. The summed E-state index contributed by atoms with van der Waals surface area (Å²) >= 11 is 0. The van der Waals surface area contributed by atoms with Crippen LogP contribution in [0.5, 0.6) is 0 Å². The molecule has 0 N–H and O–H groups in total. The van der Waals surface area contributed by atoms with E-state index in [0.29, 0.717) is 5.92 Å². The second kappa shape index (κ2) is 13.5. The van der Waals surface area contributed by atoms with Crippen molar-refractivity contribution in [1.82, 2.24) is 15.0 Å². The van der Waals surface area contributed by atoms with E-state index < -0.39 is 8.07 Å². The summed E-state index contributed by atoms with van der Waals surface area (Å²) < 4.78 is 0. The van der Waals surface area contributed by atoms with E-state index in [0.717, 1.165) is 28.1 Å². The molecule has 0 unspecified atom stereocenters. The molecular formula is C33H33IrN3Si-2. The van der Waals surface area contributed by atoms with Crippen LogP contribution in [0.2, 0.25) is 19.6 Å². The van der Waals surface area contributed by atoms with E-state index in [1.165, 1.54) is 16.3 Å². The van der Waals surface area contributed by atoms with Crippen LogP contribution in [-0.4, -0.2) is 23.0 Å². The predicted octanol–water partition coefficient (Wildman–Crippen LogP) is 7.83. The first-order valence-electron chi connectivity index (χ1n) is 12.6. The molecule has 3 aromatic heterocycles. The van der Waals surface area contributed by atoms with Gasteiger partial charge in [0.25, 0.3) is 0 Å². The first kappa shape index (κ1) is 29.3. The van der Waals surface area contributed by atoms with Crippen molar-refractivity contribution in [1.29, 1.82) is 0 Å². The van der Waals surface area contributed by atoms with Gasteiger partial charge in [-0.1, -0.05) is 93.9 Å². The van der Waals surface area contributed by atoms with Crippen molar-refractivity contribution in [2.75, 3.05) is 0 Å². The molecule has 2 aromatic carbocycles. The van der Waals surface area contributed by atoms with Gasteiger partial charge in [-0.25, -0.2) is 0 Å². The third-order valence-electron chi connectivity index (χ3n) is 6.10. The number of aromatic nitrogens is 3. The van der Waals surface area contributed by atoms with Gasteiger partial charge >= 0.3 is 0 Å². The molecule has 0 aliphatic carbocycles. The second-order valence-corrected chi connectivity index (χ2v) is 15.3. The van der Waals surface area contributed by atoms with E-state index in [1.807, 2.05) is 48.7 Å². The maximum Gasteiger partial charge on any atom is 0.0799 e. The third-order valence-corrected chi connectivity index (χ3v) is 8.13. The Bertz CT molecular complexity index is 1360. The molecule has 0 fully saturated rings. The molecule has 0 atom stereocenters. The predicted molar refractivity (Wildman–Crippen MR) is 157 cm³/mol. The SMILES string of the molecule is CC(C)c1cc(-c2[c-]cccc2)ncc1[Si](C)(C)C.[Ir].[c-]1ccncc1-c1cc(-c2ccccc2)ccn1. The van der Waals surface area contributed by atoms with E-state index in [4.69, 9.17) is 0 Å². The van der Waals surface area contributed by atoms with Crippen LogP contribution in [0.15, 0.2) is 104 Å². The minimum absolute atomic E-state index is 0. The fourth-order valence-electron chi connectivity index (χ4n) is 4.13. The number of nitrogens with zero attached hydrogens (tertiary/aromatic N) is 3. The standard InChI is InChI=1S/C17H22NSi.C16H11N2.Ir/c1-13(2)15-11-16(14-9-7-6-8-10-14)18-12-17(15)19(3,4)5;1-2-5-13(6-3-1)14-8-10-18-16(11-14)15-7-4-9-17-12-15;/h6-9,11-13H,1-5H3;1-6,8-12H;/q2*-1;. The van der Waals surface area contributed by atoms with Gasteiger partial charge in [0, 0.05) is 32.5 Å².